The highest BCUT2D eigenvalue weighted by Crippen LogP contribution is 2.23. The smallest absolute Gasteiger partial charge is 0.258 e. The maximum Gasteiger partial charge on any atom is 0.258 e. The van der Waals surface area contributed by atoms with Gasteiger partial charge in [0.05, 0.1) is 29.1 Å². The second kappa shape index (κ2) is 7.46. The van der Waals surface area contributed by atoms with Crippen molar-refractivity contribution >= 4 is 28.8 Å². The van der Waals surface area contributed by atoms with Crippen LogP contribution < -0.4 is 10.1 Å². The Balaban J connectivity index is 1.54. The molecule has 0 radical (unpaired) electrons. The number of carbonyl (C=O) groups is 1. The van der Waals surface area contributed by atoms with Gasteiger partial charge < -0.3 is 10.1 Å². The Labute approximate surface area is 148 Å². The number of aromatic nitrogens is 3. The fraction of sp³-hybridized carbons (Fsp3) is 0.188. The topological polar surface area (TPSA) is 69.0 Å². The highest BCUT2D eigenvalue weighted by molar-refractivity contribution is 7.09. The summed E-state index contributed by atoms with van der Waals surface area (Å²) in [6.07, 6.45) is 1.64. The van der Waals surface area contributed by atoms with E-state index >= 15 is 0 Å². The van der Waals surface area contributed by atoms with Gasteiger partial charge in [0.1, 0.15) is 5.02 Å². The first-order chi connectivity index (χ1) is 11.6. The van der Waals surface area contributed by atoms with Crippen LogP contribution in [0.25, 0.3) is 5.69 Å². The number of hydrogen-bond acceptors (Lipinski definition) is 5. The van der Waals surface area contributed by atoms with Gasteiger partial charge in [-0.3, -0.25) is 4.79 Å². The molecule has 1 amide bonds. The molecular weight excluding hydrogens is 348 g/mol. The van der Waals surface area contributed by atoms with Crippen LogP contribution in [0.2, 0.25) is 5.02 Å². The molecule has 6 nitrogen and oxygen atoms in total. The standard InChI is InChI=1S/C16H15ClN4O2S/c1-11-19-12(10-24-11)7-18-15(22)9-23-16-14(17)8-21(20-16)13-5-3-2-4-6-13/h2-6,8,10H,7,9H2,1H3,(H,18,22). The molecular formula is C16H15ClN4O2S. The largest absolute Gasteiger partial charge is 0.465 e. The van der Waals surface area contributed by atoms with Crippen LogP contribution in [-0.4, -0.2) is 27.3 Å². The van der Waals surface area contributed by atoms with E-state index in [-0.39, 0.29) is 18.4 Å². The second-order valence-corrected chi connectivity index (χ2v) is 6.46. The molecule has 0 bridgehead atoms. The molecule has 0 unspecified atom stereocenters. The maximum absolute atomic E-state index is 11.8. The van der Waals surface area contributed by atoms with E-state index in [0.29, 0.717) is 11.6 Å². The minimum Gasteiger partial charge on any atom is -0.465 e. The summed E-state index contributed by atoms with van der Waals surface area (Å²) in [5.41, 5.74) is 1.69. The predicted octanol–water partition coefficient (Wildman–Crippen LogP) is 2.99. The third kappa shape index (κ3) is 4.12. The Kier molecular flexibility index (Phi) is 5.12. The lowest BCUT2D eigenvalue weighted by molar-refractivity contribution is -0.123. The van der Waals surface area contributed by atoms with Gasteiger partial charge in [-0.25, -0.2) is 9.67 Å². The molecule has 8 heteroatoms. The number of thiazole rings is 1. The van der Waals surface area contributed by atoms with Crippen LogP contribution in [0, 0.1) is 6.92 Å². The van der Waals surface area contributed by atoms with Gasteiger partial charge in [0.15, 0.2) is 6.61 Å². The SMILES string of the molecule is Cc1nc(CNC(=O)COc2nn(-c3ccccc3)cc2Cl)cs1. The molecule has 1 aromatic carbocycles. The molecule has 0 aliphatic carbocycles. The van der Waals surface area contributed by atoms with E-state index in [1.54, 1.807) is 22.2 Å². The normalized spacial score (nSPS) is 10.6. The third-order valence-corrected chi connectivity index (χ3v) is 4.21. The van der Waals surface area contributed by atoms with Gasteiger partial charge in [-0.2, -0.15) is 0 Å². The number of rotatable bonds is 6. The number of amides is 1. The molecule has 2 heterocycles. The van der Waals surface area contributed by atoms with Gasteiger partial charge in [-0.05, 0) is 19.1 Å². The first-order valence-corrected chi connectivity index (χ1v) is 8.48. The van der Waals surface area contributed by atoms with Gasteiger partial charge in [0, 0.05) is 5.38 Å². The van der Waals surface area contributed by atoms with E-state index in [2.05, 4.69) is 15.4 Å². The molecule has 2 aromatic heterocycles. The van der Waals surface area contributed by atoms with Crippen molar-refractivity contribution in [2.45, 2.75) is 13.5 Å². The van der Waals surface area contributed by atoms with E-state index in [9.17, 15) is 4.79 Å². The highest BCUT2D eigenvalue weighted by Gasteiger charge is 2.12. The first kappa shape index (κ1) is 16.5. The van der Waals surface area contributed by atoms with E-state index in [0.717, 1.165) is 16.4 Å². The Hall–Kier alpha value is -2.38. The van der Waals surface area contributed by atoms with Crippen LogP contribution >= 0.6 is 22.9 Å². The van der Waals surface area contributed by atoms with Crippen LogP contribution in [0.4, 0.5) is 0 Å². The summed E-state index contributed by atoms with van der Waals surface area (Å²) in [5.74, 6) is -0.0360. The molecule has 0 atom stereocenters. The van der Waals surface area contributed by atoms with Crippen LogP contribution in [0.1, 0.15) is 10.7 Å². The lowest BCUT2D eigenvalue weighted by Gasteiger charge is -2.04. The number of hydrogen-bond donors (Lipinski definition) is 1. The van der Waals surface area contributed by atoms with E-state index < -0.39 is 0 Å². The van der Waals surface area contributed by atoms with Crippen LogP contribution in [-0.2, 0) is 11.3 Å². The summed E-state index contributed by atoms with van der Waals surface area (Å²) < 4.78 is 7.01. The van der Waals surface area contributed by atoms with Gasteiger partial charge >= 0.3 is 0 Å². The van der Waals surface area contributed by atoms with Crippen molar-refractivity contribution in [1.82, 2.24) is 20.1 Å². The van der Waals surface area contributed by atoms with Crippen LogP contribution in [0.5, 0.6) is 5.88 Å². The van der Waals surface area contributed by atoms with E-state index in [1.165, 1.54) is 0 Å². The Bertz CT molecular complexity index is 832. The third-order valence-electron chi connectivity index (χ3n) is 3.13. The molecule has 0 aliphatic heterocycles. The fourth-order valence-corrected chi connectivity index (χ4v) is 2.81. The second-order valence-electron chi connectivity index (χ2n) is 4.99. The van der Waals surface area contributed by atoms with Gasteiger partial charge in [0.2, 0.25) is 0 Å². The molecule has 1 N–H and O–H groups in total. The molecule has 3 aromatic rings. The lowest BCUT2D eigenvalue weighted by Crippen LogP contribution is -2.28. The summed E-state index contributed by atoms with van der Waals surface area (Å²) in [5, 5.41) is 10.2. The Morgan fingerprint density at radius 3 is 2.88 bits per heavy atom. The molecule has 124 valence electrons. The van der Waals surface area contributed by atoms with E-state index in [4.69, 9.17) is 16.3 Å². The Morgan fingerprint density at radius 1 is 1.38 bits per heavy atom. The summed E-state index contributed by atoms with van der Waals surface area (Å²) in [7, 11) is 0. The average molecular weight is 363 g/mol. The van der Waals surface area contributed by atoms with E-state index in [1.807, 2.05) is 42.6 Å². The number of halogens is 1. The van der Waals surface area contributed by atoms with Gasteiger partial charge in [-0.15, -0.1) is 16.4 Å². The van der Waals surface area contributed by atoms with Crippen molar-refractivity contribution < 1.29 is 9.53 Å². The highest BCUT2D eigenvalue weighted by atomic mass is 35.5. The maximum atomic E-state index is 11.8. The van der Waals surface area contributed by atoms with Crippen molar-refractivity contribution in [1.29, 1.82) is 0 Å². The van der Waals surface area contributed by atoms with Crippen molar-refractivity contribution in [3.05, 3.63) is 57.6 Å². The predicted molar refractivity (Wildman–Crippen MR) is 92.8 cm³/mol. The van der Waals surface area contributed by atoms with Crippen molar-refractivity contribution in [2.75, 3.05) is 6.61 Å². The molecule has 24 heavy (non-hydrogen) atoms. The van der Waals surface area contributed by atoms with Gasteiger partial charge in [-0.1, -0.05) is 29.8 Å². The summed E-state index contributed by atoms with van der Waals surface area (Å²) >= 11 is 7.65. The molecule has 0 aliphatic rings. The molecule has 0 spiro atoms. The number of benzene rings is 1. The van der Waals surface area contributed by atoms with Crippen molar-refractivity contribution in [3.63, 3.8) is 0 Å². The Morgan fingerprint density at radius 2 is 2.17 bits per heavy atom. The zero-order valence-electron chi connectivity index (χ0n) is 12.9. The molecule has 3 rings (SSSR count). The number of aryl methyl sites for hydroxylation is 1. The fourth-order valence-electron chi connectivity index (χ4n) is 2.01. The zero-order chi connectivity index (χ0) is 16.9. The molecule has 0 saturated heterocycles. The quantitative estimate of drug-likeness (QED) is 0.732. The first-order valence-electron chi connectivity index (χ1n) is 7.23. The molecule has 0 saturated carbocycles. The lowest BCUT2D eigenvalue weighted by atomic mass is 10.3. The summed E-state index contributed by atoms with van der Waals surface area (Å²) in [6, 6.07) is 9.52. The number of nitrogens with zero attached hydrogens (tertiary/aromatic N) is 3. The minimum atomic E-state index is -0.258. The number of para-hydroxylation sites is 1. The monoisotopic (exact) mass is 362 g/mol. The van der Waals surface area contributed by atoms with Crippen LogP contribution in [0.3, 0.4) is 0 Å². The molecule has 0 fully saturated rings. The van der Waals surface area contributed by atoms with Crippen molar-refractivity contribution in [2.24, 2.45) is 0 Å². The van der Waals surface area contributed by atoms with Crippen LogP contribution in [0.15, 0.2) is 41.9 Å². The minimum absolute atomic E-state index is 0.158. The zero-order valence-corrected chi connectivity index (χ0v) is 14.5. The number of carbonyl (C=O) groups excluding carboxylic acids is 1. The number of ether oxygens (including phenoxy) is 1. The number of nitrogens with one attached hydrogen (secondary N) is 1. The summed E-state index contributed by atoms with van der Waals surface area (Å²) in [4.78, 5) is 16.1. The van der Waals surface area contributed by atoms with Gasteiger partial charge in [0.25, 0.3) is 11.8 Å². The van der Waals surface area contributed by atoms with Crippen molar-refractivity contribution in [3.8, 4) is 11.6 Å². The average Bonchev–Trinajstić information content (AvgIpc) is 3.17. The summed E-state index contributed by atoms with van der Waals surface area (Å²) in [6.45, 7) is 2.14.